The Bertz CT molecular complexity index is 1010. The first-order valence-electron chi connectivity index (χ1n) is 7.26. The highest BCUT2D eigenvalue weighted by Gasteiger charge is 2.33. The van der Waals surface area contributed by atoms with Crippen LogP contribution in [0.5, 0.6) is 5.75 Å². The lowest BCUT2D eigenvalue weighted by atomic mass is 10.1. The van der Waals surface area contributed by atoms with E-state index >= 15 is 0 Å². The lowest BCUT2D eigenvalue weighted by Crippen LogP contribution is -2.18. The van der Waals surface area contributed by atoms with E-state index in [1.165, 1.54) is 18.2 Å². The van der Waals surface area contributed by atoms with Gasteiger partial charge in [-0.05, 0) is 30.3 Å². The zero-order valence-corrected chi connectivity index (χ0v) is 13.5. The van der Waals surface area contributed by atoms with Crippen LogP contribution in [0.15, 0.2) is 30.3 Å². The summed E-state index contributed by atoms with van der Waals surface area (Å²) in [5.74, 6) is -5.67. The van der Waals surface area contributed by atoms with Gasteiger partial charge in [-0.25, -0.2) is 0 Å². The lowest BCUT2D eigenvalue weighted by molar-refractivity contribution is -0.274. The van der Waals surface area contributed by atoms with E-state index in [2.05, 4.69) is 20.0 Å². The molecule has 2 heterocycles. The van der Waals surface area contributed by atoms with E-state index in [0.717, 1.165) is 12.1 Å². The van der Waals surface area contributed by atoms with Crippen LogP contribution in [-0.4, -0.2) is 32.1 Å². The van der Waals surface area contributed by atoms with Crippen molar-refractivity contribution in [1.82, 2.24) is 19.8 Å². The number of carbonyl (C=O) groups excluding carboxylic acids is 1. The van der Waals surface area contributed by atoms with Crippen molar-refractivity contribution in [3.63, 3.8) is 0 Å². The molecule has 1 aromatic carbocycles. The van der Waals surface area contributed by atoms with E-state index in [-0.39, 0.29) is 22.5 Å². The minimum absolute atomic E-state index is 0.000147. The number of nitrogens with two attached hydrogens (primary N) is 1. The number of hydrogen-bond acceptors (Lipinski definition) is 5. The Morgan fingerprint density at radius 2 is 1.74 bits per heavy atom. The standard InChI is InChI=1S/C15H10F5N5O2/c1-14(16,17)13-23-22-12-9(11(21)26)6-10(24-25(12)13)7-2-4-8(5-3-7)27-15(18,19)20/h2-6H,1H3,(H2,21,26). The number of hydrogen-bond donors (Lipinski definition) is 1. The number of rotatable bonds is 4. The molecule has 0 aliphatic rings. The number of amides is 1. The summed E-state index contributed by atoms with van der Waals surface area (Å²) in [6, 6.07) is 5.64. The molecule has 2 N–H and O–H groups in total. The molecule has 0 bridgehead atoms. The predicted molar refractivity (Wildman–Crippen MR) is 81.0 cm³/mol. The summed E-state index contributed by atoms with van der Waals surface area (Å²) in [5, 5.41) is 10.8. The number of fused-ring (bicyclic) bond motifs is 1. The van der Waals surface area contributed by atoms with Gasteiger partial charge in [-0.15, -0.1) is 23.4 Å². The maximum Gasteiger partial charge on any atom is 0.573 e. The minimum Gasteiger partial charge on any atom is -0.406 e. The number of alkyl halides is 5. The number of aromatic nitrogens is 4. The molecule has 0 aliphatic carbocycles. The molecule has 3 rings (SSSR count). The van der Waals surface area contributed by atoms with Gasteiger partial charge in [0.1, 0.15) is 5.75 Å². The van der Waals surface area contributed by atoms with Gasteiger partial charge in [-0.3, -0.25) is 4.79 Å². The van der Waals surface area contributed by atoms with Crippen molar-refractivity contribution >= 4 is 11.6 Å². The third kappa shape index (κ3) is 3.78. The Hall–Kier alpha value is -3.31. The topological polar surface area (TPSA) is 95.4 Å². The predicted octanol–water partition coefficient (Wildman–Crippen LogP) is 2.90. The number of primary amides is 1. The average Bonchev–Trinajstić information content (AvgIpc) is 2.97. The molecule has 1 amide bonds. The maximum atomic E-state index is 13.7. The highest BCUT2D eigenvalue weighted by Crippen LogP contribution is 2.29. The van der Waals surface area contributed by atoms with Gasteiger partial charge in [0, 0.05) is 12.5 Å². The SMILES string of the molecule is CC(F)(F)c1nnc2c(C(N)=O)cc(-c3ccc(OC(F)(F)F)cc3)nn12. The fourth-order valence-corrected chi connectivity index (χ4v) is 2.30. The molecule has 142 valence electrons. The van der Waals surface area contributed by atoms with Crippen LogP contribution in [-0.2, 0) is 5.92 Å². The van der Waals surface area contributed by atoms with Crippen molar-refractivity contribution in [2.24, 2.45) is 5.73 Å². The third-order valence-corrected chi connectivity index (χ3v) is 3.41. The van der Waals surface area contributed by atoms with E-state index in [0.29, 0.717) is 11.4 Å². The Labute approximate surface area is 147 Å². The highest BCUT2D eigenvalue weighted by molar-refractivity contribution is 5.99. The lowest BCUT2D eigenvalue weighted by Gasteiger charge is -2.11. The van der Waals surface area contributed by atoms with Crippen molar-refractivity contribution < 1.29 is 31.5 Å². The van der Waals surface area contributed by atoms with Crippen molar-refractivity contribution in [2.45, 2.75) is 19.2 Å². The van der Waals surface area contributed by atoms with Gasteiger partial charge in [0.15, 0.2) is 5.65 Å². The normalized spacial score (nSPS) is 12.4. The van der Waals surface area contributed by atoms with E-state index in [1.807, 2.05) is 0 Å². The monoisotopic (exact) mass is 387 g/mol. The van der Waals surface area contributed by atoms with Crippen LogP contribution >= 0.6 is 0 Å². The zero-order chi connectivity index (χ0) is 20.0. The third-order valence-electron chi connectivity index (χ3n) is 3.41. The van der Waals surface area contributed by atoms with Crippen LogP contribution in [0.3, 0.4) is 0 Å². The van der Waals surface area contributed by atoms with Gasteiger partial charge < -0.3 is 10.5 Å². The minimum atomic E-state index is -4.86. The van der Waals surface area contributed by atoms with E-state index in [1.54, 1.807) is 0 Å². The first-order valence-corrected chi connectivity index (χ1v) is 7.26. The van der Waals surface area contributed by atoms with E-state index in [9.17, 15) is 26.7 Å². The van der Waals surface area contributed by atoms with Gasteiger partial charge in [0.05, 0.1) is 11.3 Å². The fraction of sp³-hybridized carbons (Fsp3) is 0.200. The molecule has 0 unspecified atom stereocenters. The summed E-state index contributed by atoms with van der Waals surface area (Å²) in [6.45, 7) is 0.574. The number of benzene rings is 1. The van der Waals surface area contributed by atoms with Gasteiger partial charge >= 0.3 is 12.3 Å². The number of ether oxygens (including phenoxy) is 1. The Kier molecular flexibility index (Phi) is 4.20. The summed E-state index contributed by atoms with van der Waals surface area (Å²) in [7, 11) is 0. The van der Waals surface area contributed by atoms with Crippen LogP contribution in [0.1, 0.15) is 23.1 Å². The maximum absolute atomic E-state index is 13.7. The smallest absolute Gasteiger partial charge is 0.406 e. The van der Waals surface area contributed by atoms with E-state index < -0.39 is 29.8 Å². The number of nitrogens with zero attached hydrogens (tertiary/aromatic N) is 4. The first kappa shape index (κ1) is 18.5. The van der Waals surface area contributed by atoms with Crippen molar-refractivity contribution in [3.05, 3.63) is 41.7 Å². The van der Waals surface area contributed by atoms with Gasteiger partial charge in [-0.1, -0.05) is 0 Å². The summed E-state index contributed by atoms with van der Waals surface area (Å²) in [4.78, 5) is 11.6. The number of halogens is 5. The molecule has 12 heteroatoms. The molecule has 0 aliphatic heterocycles. The molecule has 0 saturated heterocycles. The van der Waals surface area contributed by atoms with Crippen molar-refractivity contribution in [2.75, 3.05) is 0 Å². The van der Waals surface area contributed by atoms with Gasteiger partial charge in [-0.2, -0.15) is 18.4 Å². The van der Waals surface area contributed by atoms with Crippen molar-refractivity contribution in [1.29, 1.82) is 0 Å². The summed E-state index contributed by atoms with van der Waals surface area (Å²) in [6.07, 6.45) is -4.86. The van der Waals surface area contributed by atoms with Crippen LogP contribution in [0, 0.1) is 0 Å². The summed E-state index contributed by atoms with van der Waals surface area (Å²) >= 11 is 0. The average molecular weight is 387 g/mol. The van der Waals surface area contributed by atoms with Crippen LogP contribution in [0.4, 0.5) is 22.0 Å². The molecule has 0 spiro atoms. The molecule has 7 nitrogen and oxygen atoms in total. The molecule has 0 radical (unpaired) electrons. The Morgan fingerprint density at radius 1 is 1.11 bits per heavy atom. The molecule has 0 saturated carbocycles. The second-order valence-electron chi connectivity index (χ2n) is 5.53. The largest absolute Gasteiger partial charge is 0.573 e. The molecular formula is C15H10F5N5O2. The highest BCUT2D eigenvalue weighted by atomic mass is 19.4. The zero-order valence-electron chi connectivity index (χ0n) is 13.5. The molecule has 3 aromatic rings. The second kappa shape index (κ2) is 6.14. The molecule has 0 atom stereocenters. The van der Waals surface area contributed by atoms with Crippen LogP contribution in [0.25, 0.3) is 16.9 Å². The van der Waals surface area contributed by atoms with E-state index in [4.69, 9.17) is 5.73 Å². The number of carbonyl (C=O) groups is 1. The van der Waals surface area contributed by atoms with Gasteiger partial charge in [0.25, 0.3) is 5.91 Å². The first-order chi connectivity index (χ1) is 12.5. The van der Waals surface area contributed by atoms with Gasteiger partial charge in [0.2, 0.25) is 5.82 Å². The second-order valence-corrected chi connectivity index (χ2v) is 5.53. The summed E-state index contributed by atoms with van der Waals surface area (Å²) < 4.78 is 68.5. The Balaban J connectivity index is 2.13. The molecule has 27 heavy (non-hydrogen) atoms. The summed E-state index contributed by atoms with van der Waals surface area (Å²) in [5.41, 5.74) is 5.00. The quantitative estimate of drug-likeness (QED) is 0.695. The van der Waals surface area contributed by atoms with Crippen molar-refractivity contribution in [3.8, 4) is 17.0 Å². The fourth-order valence-electron chi connectivity index (χ4n) is 2.30. The Morgan fingerprint density at radius 3 is 2.26 bits per heavy atom. The van der Waals surface area contributed by atoms with Crippen LogP contribution < -0.4 is 10.5 Å². The molecule has 2 aromatic heterocycles. The molecule has 0 fully saturated rings. The van der Waals surface area contributed by atoms with Crippen LogP contribution in [0.2, 0.25) is 0 Å². The molecular weight excluding hydrogens is 377 g/mol.